The molecule has 1 radical (unpaired) electrons. The van der Waals surface area contributed by atoms with Gasteiger partial charge in [0.05, 0.1) is 4.90 Å². The molecule has 0 aliphatic heterocycles. The number of pyridine rings is 1. The number of benzene rings is 1. The zero-order chi connectivity index (χ0) is 12.5. The number of halogens is 1. The Morgan fingerprint density at radius 3 is 2.71 bits per heavy atom. The molecule has 0 fully saturated rings. The van der Waals surface area contributed by atoms with E-state index in [4.69, 9.17) is 11.6 Å². The van der Waals surface area contributed by atoms with Crippen LogP contribution in [0.15, 0.2) is 41.4 Å². The molecule has 5 heteroatoms. The van der Waals surface area contributed by atoms with Crippen molar-refractivity contribution < 1.29 is 8.42 Å². The number of hydrogen-bond acceptors (Lipinski definition) is 3. The molecule has 1 heterocycles. The van der Waals surface area contributed by atoms with Gasteiger partial charge >= 0.3 is 0 Å². The normalized spacial score (nSPS) is 11.4. The molecule has 0 atom stereocenters. The Morgan fingerprint density at radius 2 is 2.12 bits per heavy atom. The van der Waals surface area contributed by atoms with Gasteiger partial charge in [0.1, 0.15) is 5.15 Å². The van der Waals surface area contributed by atoms with E-state index in [1.165, 1.54) is 12.3 Å². The molecule has 0 bridgehead atoms. The Labute approximate surface area is 105 Å². The molecule has 1 aromatic heterocycles. The standard InChI is InChI=1S/C12H9ClNO2S/c1-17(15,16)11-7-12(13)14-8-10(11)9-5-3-2-4-6-9/h2-5,7-8H,1H3. The maximum Gasteiger partial charge on any atom is 0.176 e. The predicted octanol–water partition coefficient (Wildman–Crippen LogP) is 2.61. The molecule has 0 N–H and O–H groups in total. The van der Waals surface area contributed by atoms with Crippen molar-refractivity contribution in [2.75, 3.05) is 6.26 Å². The summed E-state index contributed by atoms with van der Waals surface area (Å²) in [6.45, 7) is 0. The molecule has 0 amide bonds. The van der Waals surface area contributed by atoms with Crippen LogP contribution in [0, 0.1) is 6.07 Å². The third-order valence-corrected chi connectivity index (χ3v) is 3.57. The van der Waals surface area contributed by atoms with Crippen molar-refractivity contribution in [1.82, 2.24) is 4.98 Å². The van der Waals surface area contributed by atoms with Gasteiger partial charge in [-0.1, -0.05) is 35.9 Å². The molecule has 1 aromatic carbocycles. The Bertz CT molecular complexity index is 639. The van der Waals surface area contributed by atoms with Crippen molar-refractivity contribution >= 4 is 21.4 Å². The number of rotatable bonds is 2. The minimum atomic E-state index is -3.35. The summed E-state index contributed by atoms with van der Waals surface area (Å²) >= 11 is 5.72. The minimum Gasteiger partial charge on any atom is -0.244 e. The van der Waals surface area contributed by atoms with Crippen LogP contribution in [0.4, 0.5) is 0 Å². The van der Waals surface area contributed by atoms with Gasteiger partial charge in [-0.2, -0.15) is 0 Å². The number of nitrogens with zero attached hydrogens (tertiary/aromatic N) is 1. The van der Waals surface area contributed by atoms with Gasteiger partial charge < -0.3 is 0 Å². The number of sulfone groups is 1. The summed E-state index contributed by atoms with van der Waals surface area (Å²) in [5.74, 6) is 0. The van der Waals surface area contributed by atoms with E-state index < -0.39 is 9.84 Å². The summed E-state index contributed by atoms with van der Waals surface area (Å²) in [4.78, 5) is 4.08. The molecule has 17 heavy (non-hydrogen) atoms. The van der Waals surface area contributed by atoms with Crippen LogP contribution in [-0.2, 0) is 9.84 Å². The van der Waals surface area contributed by atoms with Crippen LogP contribution in [0.25, 0.3) is 11.1 Å². The van der Waals surface area contributed by atoms with Crippen LogP contribution in [0.1, 0.15) is 0 Å². The Morgan fingerprint density at radius 1 is 1.35 bits per heavy atom. The van der Waals surface area contributed by atoms with E-state index >= 15 is 0 Å². The predicted molar refractivity (Wildman–Crippen MR) is 66.6 cm³/mol. The molecular weight excluding hydrogens is 258 g/mol. The van der Waals surface area contributed by atoms with Gasteiger partial charge in [-0.15, -0.1) is 0 Å². The van der Waals surface area contributed by atoms with Gasteiger partial charge in [0.25, 0.3) is 0 Å². The molecule has 0 unspecified atom stereocenters. The lowest BCUT2D eigenvalue weighted by Gasteiger charge is -2.07. The summed E-state index contributed by atoms with van der Waals surface area (Å²) in [7, 11) is -3.35. The van der Waals surface area contributed by atoms with E-state index in [0.29, 0.717) is 11.1 Å². The summed E-state index contributed by atoms with van der Waals surface area (Å²) < 4.78 is 23.4. The third-order valence-electron chi connectivity index (χ3n) is 2.23. The van der Waals surface area contributed by atoms with Crippen LogP contribution in [-0.4, -0.2) is 19.7 Å². The smallest absolute Gasteiger partial charge is 0.176 e. The summed E-state index contributed by atoms with van der Waals surface area (Å²) in [6.07, 6.45) is 2.59. The Hall–Kier alpha value is -1.39. The van der Waals surface area contributed by atoms with E-state index in [-0.39, 0.29) is 10.0 Å². The summed E-state index contributed by atoms with van der Waals surface area (Å²) in [6, 6.07) is 11.4. The monoisotopic (exact) mass is 266 g/mol. The highest BCUT2D eigenvalue weighted by atomic mass is 35.5. The van der Waals surface area contributed by atoms with Gasteiger partial charge in [-0.05, 0) is 17.7 Å². The van der Waals surface area contributed by atoms with Crippen LogP contribution >= 0.6 is 11.6 Å². The molecule has 0 aliphatic rings. The average molecular weight is 267 g/mol. The molecule has 0 spiro atoms. The molecular formula is C12H9ClNO2S. The van der Waals surface area contributed by atoms with Crippen molar-refractivity contribution in [3.05, 3.63) is 47.7 Å². The molecule has 3 nitrogen and oxygen atoms in total. The fraction of sp³-hybridized carbons (Fsp3) is 0.0833. The van der Waals surface area contributed by atoms with Crippen molar-refractivity contribution in [2.45, 2.75) is 4.90 Å². The van der Waals surface area contributed by atoms with Gasteiger partial charge in [-0.3, -0.25) is 0 Å². The van der Waals surface area contributed by atoms with Gasteiger partial charge in [0, 0.05) is 18.0 Å². The maximum absolute atomic E-state index is 11.7. The lowest BCUT2D eigenvalue weighted by Crippen LogP contribution is -2.01. The second-order valence-electron chi connectivity index (χ2n) is 3.55. The van der Waals surface area contributed by atoms with Gasteiger partial charge in [-0.25, -0.2) is 13.4 Å². The second-order valence-corrected chi connectivity index (χ2v) is 5.92. The van der Waals surface area contributed by atoms with Gasteiger partial charge in [0.2, 0.25) is 0 Å². The highest BCUT2D eigenvalue weighted by molar-refractivity contribution is 7.90. The Balaban J connectivity index is 2.71. The molecule has 0 saturated carbocycles. The van der Waals surface area contributed by atoms with Crippen LogP contribution < -0.4 is 0 Å². The van der Waals surface area contributed by atoms with Crippen LogP contribution in [0.2, 0.25) is 5.15 Å². The highest BCUT2D eigenvalue weighted by Crippen LogP contribution is 2.27. The summed E-state index contributed by atoms with van der Waals surface area (Å²) in [5.41, 5.74) is 1.19. The van der Waals surface area contributed by atoms with Crippen molar-refractivity contribution in [2.24, 2.45) is 0 Å². The molecule has 87 valence electrons. The quantitative estimate of drug-likeness (QED) is 0.785. The first kappa shape index (κ1) is 12.1. The van der Waals surface area contributed by atoms with Crippen molar-refractivity contribution in [3.63, 3.8) is 0 Å². The van der Waals surface area contributed by atoms with E-state index in [1.807, 2.05) is 12.1 Å². The van der Waals surface area contributed by atoms with Crippen molar-refractivity contribution in [3.8, 4) is 11.1 Å². The average Bonchev–Trinajstić information content (AvgIpc) is 2.29. The Kier molecular flexibility index (Phi) is 3.17. The lowest BCUT2D eigenvalue weighted by atomic mass is 10.1. The first-order chi connectivity index (χ1) is 7.98. The van der Waals surface area contributed by atoms with E-state index in [0.717, 1.165) is 6.26 Å². The molecule has 0 saturated heterocycles. The SMILES string of the molecule is CS(=O)(=O)c1cc(Cl)ncc1-c1[c]cccc1. The fourth-order valence-corrected chi connectivity index (χ4v) is 2.59. The first-order valence-electron chi connectivity index (χ1n) is 4.81. The fourth-order valence-electron chi connectivity index (χ4n) is 1.48. The maximum atomic E-state index is 11.7. The van der Waals surface area contributed by atoms with E-state index in [2.05, 4.69) is 11.1 Å². The first-order valence-corrected chi connectivity index (χ1v) is 7.08. The molecule has 0 aliphatic carbocycles. The lowest BCUT2D eigenvalue weighted by molar-refractivity contribution is 0.602. The number of hydrogen-bond donors (Lipinski definition) is 0. The third kappa shape index (κ3) is 2.65. The highest BCUT2D eigenvalue weighted by Gasteiger charge is 2.15. The largest absolute Gasteiger partial charge is 0.244 e. The van der Waals surface area contributed by atoms with Crippen LogP contribution in [0.5, 0.6) is 0 Å². The topological polar surface area (TPSA) is 47.0 Å². The van der Waals surface area contributed by atoms with E-state index in [1.54, 1.807) is 12.1 Å². The van der Waals surface area contributed by atoms with E-state index in [9.17, 15) is 8.42 Å². The molecule has 2 aromatic rings. The zero-order valence-corrected chi connectivity index (χ0v) is 10.6. The molecule has 2 rings (SSSR count). The van der Waals surface area contributed by atoms with Gasteiger partial charge in [0.15, 0.2) is 9.84 Å². The zero-order valence-electron chi connectivity index (χ0n) is 9.01. The van der Waals surface area contributed by atoms with Crippen molar-refractivity contribution in [1.29, 1.82) is 0 Å². The minimum absolute atomic E-state index is 0.158. The van der Waals surface area contributed by atoms with Crippen LogP contribution in [0.3, 0.4) is 0 Å². The second kappa shape index (κ2) is 4.47. The number of aromatic nitrogens is 1. The summed E-state index contributed by atoms with van der Waals surface area (Å²) in [5, 5.41) is 0.158.